The van der Waals surface area contributed by atoms with Crippen LogP contribution in [0, 0.1) is 0 Å². The standard InChI is InChI=1S/C21H34O18.Na/c22-5-1-7(17(30)31)36-20(11(5)25)39-16-13(27)9(37-19-15(29)10(24)6(23)2-34-19)4-35-21(16)38-8-3-33-18(32)14(28)12(8)26;/h5-16,18-29,32H,1-4H2,(H,30,31);/q;+1/p-1/t5-,6+,7-,8+,9+,10-,11+,12-,13-,14+,15+,16+,18+,19-,20+,21-;/m0./s1. The van der Waals surface area contributed by atoms with E-state index >= 15 is 0 Å². The number of aliphatic hydroxyl groups is 9. The van der Waals surface area contributed by atoms with Crippen molar-refractivity contribution in [2.45, 2.75) is 105 Å². The fourth-order valence-electron chi connectivity index (χ4n) is 4.54. The van der Waals surface area contributed by atoms with E-state index in [0.717, 1.165) is 0 Å². The second-order valence-corrected chi connectivity index (χ2v) is 9.70. The largest absolute Gasteiger partial charge is 1.00 e. The SMILES string of the molecule is O=C([O-])[C@@H]1C[C@H](O)[C@@H](O)[C@@H](O[C@H]2[C@H](O[C@@H]3CO[C@@H](O)[C@H](O)[C@H]3O)OC[C@@H](O[C@@H]3OC[C@@H](O)[C@H](O)[C@H]3O)[C@@H]2O)O1.[Na+]. The average Bonchev–Trinajstić information content (AvgIpc) is 2.90. The van der Waals surface area contributed by atoms with Gasteiger partial charge in [0.15, 0.2) is 25.2 Å². The maximum Gasteiger partial charge on any atom is 1.00 e. The molecule has 4 aliphatic heterocycles. The van der Waals surface area contributed by atoms with Gasteiger partial charge in [-0.3, -0.25) is 0 Å². The molecule has 9 N–H and O–H groups in total. The summed E-state index contributed by atoms with van der Waals surface area (Å²) in [4.78, 5) is 11.3. The van der Waals surface area contributed by atoms with E-state index in [-0.39, 0.29) is 29.6 Å². The first-order valence-electron chi connectivity index (χ1n) is 12.2. The van der Waals surface area contributed by atoms with Gasteiger partial charge in [0.05, 0.1) is 31.9 Å². The molecule has 226 valence electrons. The number of hydrogen-bond acceptors (Lipinski definition) is 18. The van der Waals surface area contributed by atoms with E-state index in [1.807, 2.05) is 0 Å². The molecule has 4 saturated heterocycles. The fourth-order valence-corrected chi connectivity index (χ4v) is 4.54. The number of carboxylic acids is 1. The quantitative estimate of drug-likeness (QED) is 0.123. The molecular weight excluding hydrogens is 563 g/mol. The van der Waals surface area contributed by atoms with Crippen LogP contribution in [-0.4, -0.2) is 170 Å². The second-order valence-electron chi connectivity index (χ2n) is 9.70. The minimum atomic E-state index is -1.86. The Hall–Kier alpha value is -0.170. The zero-order valence-electron chi connectivity index (χ0n) is 21.3. The smallest absolute Gasteiger partial charge is 0.547 e. The predicted molar refractivity (Wildman–Crippen MR) is 112 cm³/mol. The fraction of sp³-hybridized carbons (Fsp3) is 0.952. The average molecular weight is 596 g/mol. The summed E-state index contributed by atoms with van der Waals surface area (Å²) in [5, 5.41) is 102. The molecule has 16 atom stereocenters. The van der Waals surface area contributed by atoms with Crippen LogP contribution in [-0.2, 0) is 38.0 Å². The normalized spacial score (nSPS) is 50.1. The Balaban J connectivity index is 0.00000441. The number of carbonyl (C=O) groups excluding carboxylic acids is 1. The topological polar surface area (TPSA) is 287 Å². The molecule has 4 heterocycles. The van der Waals surface area contributed by atoms with Crippen molar-refractivity contribution in [3.8, 4) is 0 Å². The van der Waals surface area contributed by atoms with E-state index in [9.17, 15) is 55.9 Å². The van der Waals surface area contributed by atoms with E-state index in [1.165, 1.54) is 0 Å². The Bertz CT molecular complexity index is 824. The maximum atomic E-state index is 11.3. The van der Waals surface area contributed by atoms with Crippen LogP contribution >= 0.6 is 0 Å². The van der Waals surface area contributed by atoms with Gasteiger partial charge in [0.1, 0.15) is 67.1 Å². The molecule has 19 heteroatoms. The van der Waals surface area contributed by atoms with Gasteiger partial charge in [-0.05, 0) is 0 Å². The summed E-state index contributed by atoms with van der Waals surface area (Å²) in [6.07, 6.45) is -26.7. The van der Waals surface area contributed by atoms with Crippen molar-refractivity contribution in [2.75, 3.05) is 19.8 Å². The first kappa shape index (κ1) is 34.3. The van der Waals surface area contributed by atoms with Gasteiger partial charge in [-0.25, -0.2) is 0 Å². The van der Waals surface area contributed by atoms with Gasteiger partial charge >= 0.3 is 29.6 Å². The summed E-state index contributed by atoms with van der Waals surface area (Å²) < 4.78 is 37.6. The zero-order valence-corrected chi connectivity index (χ0v) is 23.3. The van der Waals surface area contributed by atoms with Crippen molar-refractivity contribution in [1.82, 2.24) is 0 Å². The minimum Gasteiger partial charge on any atom is -0.547 e. The van der Waals surface area contributed by atoms with Crippen LogP contribution in [0.25, 0.3) is 0 Å². The molecule has 0 unspecified atom stereocenters. The molecule has 4 fully saturated rings. The van der Waals surface area contributed by atoms with E-state index in [4.69, 9.17) is 33.2 Å². The number of carboxylic acid groups (broad SMARTS) is 1. The Morgan fingerprint density at radius 3 is 1.90 bits per heavy atom. The first-order valence-corrected chi connectivity index (χ1v) is 12.2. The second kappa shape index (κ2) is 14.5. The van der Waals surface area contributed by atoms with Gasteiger partial charge in [-0.2, -0.15) is 0 Å². The van der Waals surface area contributed by atoms with Crippen LogP contribution < -0.4 is 34.7 Å². The Kier molecular flexibility index (Phi) is 12.5. The third kappa shape index (κ3) is 7.48. The van der Waals surface area contributed by atoms with Crippen LogP contribution in [0.2, 0.25) is 0 Å². The molecule has 4 aliphatic rings. The van der Waals surface area contributed by atoms with E-state index in [2.05, 4.69) is 0 Å². The molecule has 0 aromatic carbocycles. The third-order valence-electron chi connectivity index (χ3n) is 6.92. The molecule has 0 aliphatic carbocycles. The number of ether oxygens (including phenoxy) is 7. The monoisotopic (exact) mass is 596 g/mol. The molecule has 0 aromatic heterocycles. The van der Waals surface area contributed by atoms with Crippen molar-refractivity contribution < 1.29 is 119 Å². The van der Waals surface area contributed by atoms with Gasteiger partial charge in [0.2, 0.25) is 0 Å². The Morgan fingerprint density at radius 2 is 1.23 bits per heavy atom. The van der Waals surface area contributed by atoms with Gasteiger partial charge in [-0.15, -0.1) is 0 Å². The van der Waals surface area contributed by atoms with Crippen LogP contribution in [0.4, 0.5) is 0 Å². The van der Waals surface area contributed by atoms with Crippen molar-refractivity contribution in [3.63, 3.8) is 0 Å². The molecule has 18 nitrogen and oxygen atoms in total. The van der Waals surface area contributed by atoms with Crippen LogP contribution in [0.15, 0.2) is 0 Å². The third-order valence-corrected chi connectivity index (χ3v) is 6.92. The number of hydrogen-bond donors (Lipinski definition) is 9. The van der Waals surface area contributed by atoms with E-state index in [1.54, 1.807) is 0 Å². The van der Waals surface area contributed by atoms with Crippen LogP contribution in [0.5, 0.6) is 0 Å². The molecule has 40 heavy (non-hydrogen) atoms. The van der Waals surface area contributed by atoms with Crippen LogP contribution in [0.1, 0.15) is 6.42 Å². The van der Waals surface area contributed by atoms with E-state index < -0.39 is 131 Å². The molecule has 0 amide bonds. The summed E-state index contributed by atoms with van der Waals surface area (Å²) in [7, 11) is 0. The van der Waals surface area contributed by atoms with Gasteiger partial charge in [0.25, 0.3) is 0 Å². The number of aliphatic hydroxyl groups excluding tert-OH is 9. The summed E-state index contributed by atoms with van der Waals surface area (Å²) in [6, 6.07) is 0. The summed E-state index contributed by atoms with van der Waals surface area (Å²) in [5.41, 5.74) is 0. The van der Waals surface area contributed by atoms with Crippen molar-refractivity contribution in [1.29, 1.82) is 0 Å². The van der Waals surface area contributed by atoms with Gasteiger partial charge in [-0.1, -0.05) is 0 Å². The van der Waals surface area contributed by atoms with Gasteiger partial charge < -0.3 is 89.0 Å². The molecule has 0 radical (unpaired) electrons. The first-order chi connectivity index (χ1) is 18.4. The van der Waals surface area contributed by atoms with Crippen molar-refractivity contribution in [3.05, 3.63) is 0 Å². The maximum absolute atomic E-state index is 11.3. The summed E-state index contributed by atoms with van der Waals surface area (Å²) in [6.45, 7) is -1.31. The van der Waals surface area contributed by atoms with Gasteiger partial charge in [0, 0.05) is 6.42 Å². The minimum absolute atomic E-state index is 0. The molecule has 0 aromatic rings. The number of aliphatic carboxylic acids is 1. The molecule has 0 bridgehead atoms. The zero-order chi connectivity index (χ0) is 28.6. The summed E-state index contributed by atoms with van der Waals surface area (Å²) in [5.74, 6) is -1.71. The summed E-state index contributed by atoms with van der Waals surface area (Å²) >= 11 is 0. The Morgan fingerprint density at radius 1 is 0.625 bits per heavy atom. The van der Waals surface area contributed by atoms with E-state index in [0.29, 0.717) is 0 Å². The van der Waals surface area contributed by atoms with Crippen molar-refractivity contribution in [2.24, 2.45) is 0 Å². The molecule has 4 rings (SSSR count). The molecule has 0 spiro atoms. The van der Waals surface area contributed by atoms with Crippen LogP contribution in [0.3, 0.4) is 0 Å². The van der Waals surface area contributed by atoms with Crippen molar-refractivity contribution >= 4 is 5.97 Å². The number of rotatable bonds is 7. The number of carbonyl (C=O) groups is 1. The molecular formula is C21H33NaO18. The molecule has 0 saturated carbocycles. The predicted octanol–water partition coefficient (Wildman–Crippen LogP) is -11.0. The Labute approximate surface area is 248 Å².